The van der Waals surface area contributed by atoms with E-state index in [4.69, 9.17) is 4.74 Å². The maximum atomic E-state index is 13.0. The van der Waals surface area contributed by atoms with Crippen molar-refractivity contribution in [2.24, 2.45) is 0 Å². The number of aromatic nitrogens is 2. The highest BCUT2D eigenvalue weighted by atomic mass is 16.5. The number of amides is 1. The van der Waals surface area contributed by atoms with E-state index in [1.165, 1.54) is 16.5 Å². The highest BCUT2D eigenvalue weighted by Gasteiger charge is 2.23. The quantitative estimate of drug-likeness (QED) is 0.685. The molecule has 0 bridgehead atoms. The van der Waals surface area contributed by atoms with Gasteiger partial charge in [0, 0.05) is 19.0 Å². The third-order valence-electron chi connectivity index (χ3n) is 5.65. The molecule has 150 valence electrons. The maximum Gasteiger partial charge on any atom is 0.261 e. The van der Waals surface area contributed by atoms with Crippen LogP contribution in [0.25, 0.3) is 10.9 Å². The summed E-state index contributed by atoms with van der Waals surface area (Å²) in [5.74, 6) is 1.09. The second-order valence-electron chi connectivity index (χ2n) is 7.50. The van der Waals surface area contributed by atoms with E-state index in [9.17, 15) is 9.59 Å². The van der Waals surface area contributed by atoms with E-state index in [1.807, 2.05) is 29.2 Å². The molecule has 1 atom stereocenters. The molecule has 2 heterocycles. The first-order valence-corrected chi connectivity index (χ1v) is 10.0. The molecule has 2 aromatic carbocycles. The standard InChI is InChI=1S/C23H25N3O3/c1-29-19-11-9-17(10-12-19)18-6-4-5-13-25(14-18)22(27)15-26-16-24-21-8-3-2-7-20(21)23(26)28/h2-3,7-12,16,18H,4-6,13-15H2,1H3. The number of fused-ring (bicyclic) bond motifs is 1. The molecule has 29 heavy (non-hydrogen) atoms. The first-order valence-electron chi connectivity index (χ1n) is 10.0. The Morgan fingerprint density at radius 1 is 1.14 bits per heavy atom. The largest absolute Gasteiger partial charge is 0.497 e. The zero-order valence-corrected chi connectivity index (χ0v) is 16.6. The van der Waals surface area contributed by atoms with Crippen LogP contribution >= 0.6 is 0 Å². The van der Waals surface area contributed by atoms with E-state index in [-0.39, 0.29) is 18.0 Å². The summed E-state index contributed by atoms with van der Waals surface area (Å²) in [5.41, 5.74) is 1.69. The van der Waals surface area contributed by atoms with Crippen molar-refractivity contribution >= 4 is 16.8 Å². The number of likely N-dealkylation sites (tertiary alicyclic amines) is 1. The number of carbonyl (C=O) groups excluding carboxylic acids is 1. The van der Waals surface area contributed by atoms with Crippen molar-refractivity contribution < 1.29 is 9.53 Å². The molecular weight excluding hydrogens is 366 g/mol. The summed E-state index contributed by atoms with van der Waals surface area (Å²) in [4.78, 5) is 31.9. The van der Waals surface area contributed by atoms with Gasteiger partial charge in [0.15, 0.2) is 0 Å². The lowest BCUT2D eigenvalue weighted by Crippen LogP contribution is -2.38. The van der Waals surface area contributed by atoms with Gasteiger partial charge in [-0.05, 0) is 42.7 Å². The number of para-hydroxylation sites is 1. The highest BCUT2D eigenvalue weighted by molar-refractivity contribution is 5.79. The van der Waals surface area contributed by atoms with Crippen molar-refractivity contribution in [2.45, 2.75) is 31.7 Å². The molecule has 1 aliphatic rings. The normalized spacial score (nSPS) is 17.1. The lowest BCUT2D eigenvalue weighted by Gasteiger charge is -2.25. The van der Waals surface area contributed by atoms with E-state index in [1.54, 1.807) is 19.2 Å². The van der Waals surface area contributed by atoms with Gasteiger partial charge in [-0.15, -0.1) is 0 Å². The molecule has 3 aromatic rings. The first kappa shape index (κ1) is 19.2. The molecular formula is C23H25N3O3. The first-order chi connectivity index (χ1) is 14.2. The summed E-state index contributed by atoms with van der Waals surface area (Å²) < 4.78 is 6.66. The molecule has 0 saturated carbocycles. The van der Waals surface area contributed by atoms with E-state index < -0.39 is 0 Å². The van der Waals surface area contributed by atoms with Gasteiger partial charge in [0.05, 0.1) is 24.3 Å². The molecule has 1 aromatic heterocycles. The Kier molecular flexibility index (Phi) is 5.60. The number of rotatable bonds is 4. The molecule has 0 N–H and O–H groups in total. The molecule has 0 aliphatic carbocycles. The molecule has 1 unspecified atom stereocenters. The van der Waals surface area contributed by atoms with Crippen LogP contribution in [0.3, 0.4) is 0 Å². The number of hydrogen-bond donors (Lipinski definition) is 0. The Morgan fingerprint density at radius 3 is 2.72 bits per heavy atom. The van der Waals surface area contributed by atoms with Crippen molar-refractivity contribution in [1.82, 2.24) is 14.5 Å². The number of carbonyl (C=O) groups is 1. The van der Waals surface area contributed by atoms with Crippen LogP contribution < -0.4 is 10.3 Å². The van der Waals surface area contributed by atoms with E-state index in [2.05, 4.69) is 17.1 Å². The summed E-state index contributed by atoms with van der Waals surface area (Å²) in [7, 11) is 1.66. The van der Waals surface area contributed by atoms with Crippen LogP contribution in [0.5, 0.6) is 5.75 Å². The van der Waals surface area contributed by atoms with Crippen molar-refractivity contribution in [2.75, 3.05) is 20.2 Å². The monoisotopic (exact) mass is 391 g/mol. The van der Waals surface area contributed by atoms with Gasteiger partial charge in [-0.3, -0.25) is 14.2 Å². The van der Waals surface area contributed by atoms with Crippen LogP contribution in [0.2, 0.25) is 0 Å². The fraction of sp³-hybridized carbons (Fsp3) is 0.348. The minimum Gasteiger partial charge on any atom is -0.497 e. The van der Waals surface area contributed by atoms with E-state index in [0.29, 0.717) is 23.4 Å². The minimum atomic E-state index is -0.175. The fourth-order valence-corrected chi connectivity index (χ4v) is 3.98. The third kappa shape index (κ3) is 4.16. The summed E-state index contributed by atoms with van der Waals surface area (Å²) in [5, 5.41) is 0.537. The molecule has 1 aliphatic heterocycles. The van der Waals surface area contributed by atoms with Crippen LogP contribution in [0.15, 0.2) is 59.7 Å². The average Bonchev–Trinajstić information content (AvgIpc) is 3.02. The second kappa shape index (κ2) is 8.47. The van der Waals surface area contributed by atoms with Gasteiger partial charge in [0.25, 0.3) is 5.56 Å². The Balaban J connectivity index is 1.51. The Hall–Kier alpha value is -3.15. The molecule has 6 heteroatoms. The Labute approximate surface area is 169 Å². The zero-order valence-electron chi connectivity index (χ0n) is 16.6. The predicted octanol–water partition coefficient (Wildman–Crippen LogP) is 3.20. The van der Waals surface area contributed by atoms with Gasteiger partial charge in [-0.1, -0.05) is 30.7 Å². The van der Waals surface area contributed by atoms with Crippen molar-refractivity contribution in [3.8, 4) is 5.75 Å². The molecule has 1 fully saturated rings. The van der Waals surface area contributed by atoms with Gasteiger partial charge in [-0.2, -0.15) is 0 Å². The predicted molar refractivity (Wildman–Crippen MR) is 112 cm³/mol. The SMILES string of the molecule is COc1ccc(C2CCCCN(C(=O)Cn3cnc4ccccc4c3=O)C2)cc1. The topological polar surface area (TPSA) is 64.4 Å². The van der Waals surface area contributed by atoms with E-state index in [0.717, 1.165) is 31.6 Å². The second-order valence-corrected chi connectivity index (χ2v) is 7.50. The number of benzene rings is 2. The summed E-state index contributed by atoms with van der Waals surface area (Å²) >= 11 is 0. The molecule has 4 rings (SSSR count). The number of methoxy groups -OCH3 is 1. The highest BCUT2D eigenvalue weighted by Crippen LogP contribution is 2.28. The molecule has 0 radical (unpaired) electrons. The number of nitrogens with zero attached hydrogens (tertiary/aromatic N) is 3. The van der Waals surface area contributed by atoms with Gasteiger partial charge >= 0.3 is 0 Å². The van der Waals surface area contributed by atoms with Gasteiger partial charge < -0.3 is 9.64 Å². The molecule has 1 amide bonds. The maximum absolute atomic E-state index is 13.0. The Bertz CT molecular complexity index is 1060. The zero-order chi connectivity index (χ0) is 20.2. The van der Waals surface area contributed by atoms with Gasteiger partial charge in [-0.25, -0.2) is 4.98 Å². The lowest BCUT2D eigenvalue weighted by molar-refractivity contribution is -0.132. The van der Waals surface area contributed by atoms with Crippen LogP contribution in [0.4, 0.5) is 0 Å². The fourth-order valence-electron chi connectivity index (χ4n) is 3.98. The minimum absolute atomic E-state index is 0.0198. The number of hydrogen-bond acceptors (Lipinski definition) is 4. The van der Waals surface area contributed by atoms with Crippen LogP contribution in [-0.2, 0) is 11.3 Å². The van der Waals surface area contributed by atoms with Crippen molar-refractivity contribution in [1.29, 1.82) is 0 Å². The van der Waals surface area contributed by atoms with E-state index >= 15 is 0 Å². The van der Waals surface area contributed by atoms with Crippen molar-refractivity contribution in [3.05, 3.63) is 70.8 Å². The average molecular weight is 391 g/mol. The Morgan fingerprint density at radius 2 is 1.93 bits per heavy atom. The number of ether oxygens (including phenoxy) is 1. The third-order valence-corrected chi connectivity index (χ3v) is 5.65. The van der Waals surface area contributed by atoms with Crippen LogP contribution in [0, 0.1) is 0 Å². The molecule has 6 nitrogen and oxygen atoms in total. The summed E-state index contributed by atoms with van der Waals surface area (Å²) in [6, 6.07) is 15.3. The molecule has 1 saturated heterocycles. The summed E-state index contributed by atoms with van der Waals surface area (Å²) in [6.45, 7) is 1.41. The molecule has 0 spiro atoms. The van der Waals surface area contributed by atoms with Gasteiger partial charge in [0.1, 0.15) is 12.3 Å². The summed E-state index contributed by atoms with van der Waals surface area (Å²) in [6.07, 6.45) is 4.58. The smallest absolute Gasteiger partial charge is 0.261 e. The van der Waals surface area contributed by atoms with Crippen LogP contribution in [-0.4, -0.2) is 40.6 Å². The van der Waals surface area contributed by atoms with Crippen LogP contribution in [0.1, 0.15) is 30.7 Å². The lowest BCUT2D eigenvalue weighted by atomic mass is 9.94. The van der Waals surface area contributed by atoms with Crippen molar-refractivity contribution in [3.63, 3.8) is 0 Å². The van der Waals surface area contributed by atoms with Gasteiger partial charge in [0.2, 0.25) is 5.91 Å².